The van der Waals surface area contributed by atoms with Crippen molar-refractivity contribution in [2.75, 3.05) is 6.61 Å². The fourth-order valence-corrected chi connectivity index (χ4v) is 2.86. The molecule has 0 aromatic rings. The molecular weight excluding hydrogens is 335 g/mol. The van der Waals surface area contributed by atoms with E-state index in [-0.39, 0.29) is 30.6 Å². The summed E-state index contributed by atoms with van der Waals surface area (Å²) in [6.07, 6.45) is 6.01. The first-order valence-corrected chi connectivity index (χ1v) is 5.97. The summed E-state index contributed by atoms with van der Waals surface area (Å²) in [6, 6.07) is 1.24. The second-order valence-corrected chi connectivity index (χ2v) is 4.92. The molecule has 0 radical (unpaired) electrons. The molecule has 1 saturated heterocycles. The smallest absolute Gasteiger partial charge is 0.0593 e. The molecule has 1 heterocycles. The van der Waals surface area contributed by atoms with Crippen molar-refractivity contribution in [3.8, 4) is 0 Å². The predicted octanol–water partition coefficient (Wildman–Crippen LogP) is 1.28. The first-order valence-electron chi connectivity index (χ1n) is 4.16. The monoisotopic (exact) mass is 351 g/mol. The van der Waals surface area contributed by atoms with Gasteiger partial charge in [-0.1, -0.05) is 6.08 Å². The third-order valence-corrected chi connectivity index (χ3v) is 4.00. The Balaban J connectivity index is 0.000001000. The van der Waals surface area contributed by atoms with Crippen molar-refractivity contribution in [3.05, 3.63) is 12.7 Å². The Labute approximate surface area is 85.7 Å². The molecule has 68 valence electrons. The van der Waals surface area contributed by atoms with Crippen LogP contribution in [0.1, 0.15) is 19.3 Å². The second-order valence-electron chi connectivity index (χ2n) is 2.85. The van der Waals surface area contributed by atoms with Gasteiger partial charge in [-0.3, -0.25) is 0 Å². The van der Waals surface area contributed by atoms with E-state index in [4.69, 9.17) is 4.74 Å². The van der Waals surface area contributed by atoms with Crippen LogP contribution in [0.5, 0.6) is 0 Å². The molecule has 0 aliphatic carbocycles. The zero-order chi connectivity index (χ0) is 7.23. The Morgan fingerprint density at radius 2 is 2.36 bits per heavy atom. The molecule has 1 rings (SSSR count). The van der Waals surface area contributed by atoms with Crippen molar-refractivity contribution < 1.29 is 25.8 Å². The Morgan fingerprint density at radius 3 is 2.91 bits per heavy atom. The summed E-state index contributed by atoms with van der Waals surface area (Å²) in [4.78, 5) is 0. The fraction of sp³-hybridized carbons (Fsp3) is 0.750. The first-order chi connectivity index (χ1) is 4.93. The normalized spacial score (nSPS) is 24.9. The Bertz CT molecular complexity index is 102. The van der Waals surface area contributed by atoms with Crippen molar-refractivity contribution in [3.63, 3.8) is 0 Å². The maximum atomic E-state index is 5.59. The van der Waals surface area contributed by atoms with Crippen LogP contribution in [0.4, 0.5) is 0 Å². The minimum absolute atomic E-state index is 0. The van der Waals surface area contributed by atoms with E-state index >= 15 is 0 Å². The van der Waals surface area contributed by atoms with Gasteiger partial charge in [-0.25, -0.2) is 0 Å². The molecule has 3 heteroatoms. The number of allylic oxidation sites excluding steroid dienone is 1. The van der Waals surface area contributed by atoms with Crippen LogP contribution < -0.4 is 0 Å². The zero-order valence-corrected chi connectivity index (χ0v) is 10.5. The van der Waals surface area contributed by atoms with Gasteiger partial charge < -0.3 is 4.74 Å². The minimum atomic E-state index is 0. The summed E-state index contributed by atoms with van der Waals surface area (Å²) in [5.74, 6) is 0. The predicted molar refractivity (Wildman–Crippen MR) is 47.1 cm³/mol. The van der Waals surface area contributed by atoms with Crippen LogP contribution in [-0.4, -0.2) is 21.9 Å². The molecule has 1 aliphatic heterocycles. The molecule has 0 aromatic carbocycles. The van der Waals surface area contributed by atoms with Crippen molar-refractivity contribution >= 4 is 9.52 Å². The molecule has 0 aromatic heterocycles. The summed E-state index contributed by atoms with van der Waals surface area (Å²) in [6.45, 7) is 4.73. The Hall–Kier alpha value is 0.605. The van der Waals surface area contributed by atoms with E-state index in [9.17, 15) is 0 Å². The molecule has 1 atom stereocenters. The second kappa shape index (κ2) is 7.26. The molecule has 0 bridgehead atoms. The van der Waals surface area contributed by atoms with Gasteiger partial charge in [0.2, 0.25) is 0 Å². The summed E-state index contributed by atoms with van der Waals surface area (Å²) < 4.78 is 5.59. The number of rotatable bonds is 3. The first kappa shape index (κ1) is 11.6. The van der Waals surface area contributed by atoms with Crippen LogP contribution in [-0.2, 0) is 25.8 Å². The SMILES string of the molecule is C=CC[SiH2]C1CCCCO1.[Pt]. The summed E-state index contributed by atoms with van der Waals surface area (Å²) in [7, 11) is 0.0252. The van der Waals surface area contributed by atoms with E-state index in [1.54, 1.807) is 0 Å². The fourth-order valence-electron chi connectivity index (χ4n) is 1.34. The third kappa shape index (κ3) is 4.94. The quantitative estimate of drug-likeness (QED) is 0.550. The van der Waals surface area contributed by atoms with Crippen molar-refractivity contribution in [1.29, 1.82) is 0 Å². The van der Waals surface area contributed by atoms with E-state index in [1.807, 2.05) is 6.08 Å². The van der Waals surface area contributed by atoms with Crippen molar-refractivity contribution in [2.24, 2.45) is 0 Å². The maximum absolute atomic E-state index is 5.59. The summed E-state index contributed by atoms with van der Waals surface area (Å²) in [5, 5.41) is 0. The molecule has 1 fully saturated rings. The van der Waals surface area contributed by atoms with Gasteiger partial charge in [0, 0.05) is 33.4 Å². The van der Waals surface area contributed by atoms with Crippen molar-refractivity contribution in [2.45, 2.75) is 31.0 Å². The van der Waals surface area contributed by atoms with Gasteiger partial charge in [-0.05, 0) is 25.3 Å². The average Bonchev–Trinajstić information content (AvgIpc) is 2.03. The number of hydrogen-bond acceptors (Lipinski definition) is 1. The molecule has 1 nitrogen and oxygen atoms in total. The standard InChI is InChI=1S/C8H16OSi.Pt/c1-2-7-10-8-5-3-4-6-9-8;/h2,8H,1,3-7,10H2;. The van der Waals surface area contributed by atoms with E-state index < -0.39 is 0 Å². The number of ether oxygens (including phenoxy) is 1. The molecule has 0 saturated carbocycles. The van der Waals surface area contributed by atoms with Crippen LogP contribution in [0.2, 0.25) is 6.04 Å². The molecule has 1 unspecified atom stereocenters. The van der Waals surface area contributed by atoms with Crippen LogP contribution in [0.15, 0.2) is 12.7 Å². The van der Waals surface area contributed by atoms with E-state index in [0.717, 1.165) is 6.61 Å². The largest absolute Gasteiger partial charge is 0.382 e. The topological polar surface area (TPSA) is 9.23 Å². The van der Waals surface area contributed by atoms with Crippen LogP contribution >= 0.6 is 0 Å². The van der Waals surface area contributed by atoms with E-state index in [2.05, 4.69) is 6.58 Å². The molecule has 0 N–H and O–H groups in total. The molecule has 11 heavy (non-hydrogen) atoms. The van der Waals surface area contributed by atoms with Gasteiger partial charge in [0.25, 0.3) is 0 Å². The van der Waals surface area contributed by atoms with E-state index in [1.165, 1.54) is 25.3 Å². The summed E-state index contributed by atoms with van der Waals surface area (Å²) in [5.41, 5.74) is 0.673. The summed E-state index contributed by atoms with van der Waals surface area (Å²) >= 11 is 0. The van der Waals surface area contributed by atoms with Gasteiger partial charge in [0.1, 0.15) is 0 Å². The molecule has 1 aliphatic rings. The maximum Gasteiger partial charge on any atom is 0.0593 e. The third-order valence-electron chi connectivity index (χ3n) is 1.97. The van der Waals surface area contributed by atoms with Crippen LogP contribution in [0.3, 0.4) is 0 Å². The Kier molecular flexibility index (Phi) is 7.66. The zero-order valence-electron chi connectivity index (χ0n) is 6.83. The van der Waals surface area contributed by atoms with Gasteiger partial charge in [-0.2, -0.15) is 0 Å². The van der Waals surface area contributed by atoms with E-state index in [0.29, 0.717) is 5.73 Å². The van der Waals surface area contributed by atoms with Crippen LogP contribution in [0, 0.1) is 0 Å². The van der Waals surface area contributed by atoms with Crippen molar-refractivity contribution in [1.82, 2.24) is 0 Å². The van der Waals surface area contributed by atoms with Gasteiger partial charge >= 0.3 is 0 Å². The van der Waals surface area contributed by atoms with Crippen LogP contribution in [0.25, 0.3) is 0 Å². The Morgan fingerprint density at radius 1 is 1.55 bits per heavy atom. The van der Waals surface area contributed by atoms with Gasteiger partial charge in [0.15, 0.2) is 0 Å². The molecular formula is C8H16OPtSi. The molecule has 0 amide bonds. The number of hydrogen-bond donors (Lipinski definition) is 0. The average molecular weight is 351 g/mol. The van der Waals surface area contributed by atoms with Gasteiger partial charge in [-0.15, -0.1) is 6.58 Å². The minimum Gasteiger partial charge on any atom is -0.382 e. The van der Waals surface area contributed by atoms with Gasteiger partial charge in [0.05, 0.1) is 9.52 Å². The molecule has 0 spiro atoms.